The fraction of sp³-hybridized carbons (Fsp3) is 0.267. The minimum absolute atomic E-state index is 0.465. The van der Waals surface area contributed by atoms with Gasteiger partial charge < -0.3 is 10.5 Å². The van der Waals surface area contributed by atoms with Crippen LogP contribution in [-0.2, 0) is 6.54 Å². The van der Waals surface area contributed by atoms with Crippen LogP contribution in [0.25, 0.3) is 0 Å². The van der Waals surface area contributed by atoms with E-state index in [1.54, 1.807) is 6.20 Å². The normalized spacial score (nSPS) is 17.2. The van der Waals surface area contributed by atoms with Crippen LogP contribution in [0.4, 0.5) is 0 Å². The summed E-state index contributed by atoms with van der Waals surface area (Å²) in [7, 11) is 0. The summed E-state index contributed by atoms with van der Waals surface area (Å²) in [4.78, 5) is 5.61. The van der Waals surface area contributed by atoms with E-state index in [4.69, 9.17) is 10.5 Å². The van der Waals surface area contributed by atoms with Crippen molar-refractivity contribution < 1.29 is 4.74 Å². The molecule has 1 unspecified atom stereocenters. The Kier molecular flexibility index (Phi) is 3.71. The number of aromatic nitrogens is 1. The van der Waals surface area contributed by atoms with E-state index < -0.39 is 0 Å². The van der Waals surface area contributed by atoms with Crippen LogP contribution in [0.2, 0.25) is 0 Å². The molecule has 0 radical (unpaired) electrons. The molecule has 2 N–H and O–H groups in total. The van der Waals surface area contributed by atoms with Gasteiger partial charge in [0.1, 0.15) is 5.75 Å². The van der Waals surface area contributed by atoms with Gasteiger partial charge in [0.2, 0.25) is 0 Å². The van der Waals surface area contributed by atoms with Crippen molar-refractivity contribution in [3.05, 3.63) is 53.9 Å². The van der Waals surface area contributed by atoms with Gasteiger partial charge in [-0.05, 0) is 23.8 Å². The van der Waals surface area contributed by atoms with Crippen LogP contribution in [0.15, 0.2) is 47.5 Å². The summed E-state index contributed by atoms with van der Waals surface area (Å²) in [5, 5.41) is 0. The van der Waals surface area contributed by atoms with Crippen molar-refractivity contribution in [3.8, 4) is 5.75 Å². The zero-order chi connectivity index (χ0) is 13.1. The predicted octanol–water partition coefficient (Wildman–Crippen LogP) is 2.81. The van der Waals surface area contributed by atoms with E-state index >= 15 is 0 Å². The van der Waals surface area contributed by atoms with Crippen LogP contribution >= 0.6 is 11.8 Å². The predicted molar refractivity (Wildman–Crippen MR) is 77.5 cm³/mol. The van der Waals surface area contributed by atoms with Gasteiger partial charge in [0.25, 0.3) is 0 Å². The maximum absolute atomic E-state index is 5.83. The average Bonchev–Trinajstić information content (AvgIpc) is 2.89. The first-order chi connectivity index (χ1) is 9.36. The van der Waals surface area contributed by atoms with Crippen LogP contribution in [0.5, 0.6) is 5.75 Å². The number of thioether (sulfide) groups is 1. The van der Waals surface area contributed by atoms with E-state index in [1.807, 2.05) is 23.9 Å². The zero-order valence-electron chi connectivity index (χ0n) is 10.6. The number of ether oxygens (including phenoxy) is 1. The van der Waals surface area contributed by atoms with Gasteiger partial charge in [0.05, 0.1) is 18.5 Å². The molecule has 1 aromatic carbocycles. The molecular formula is C15H16N2OS. The van der Waals surface area contributed by atoms with Crippen molar-refractivity contribution >= 4 is 11.8 Å². The second-order valence-electron chi connectivity index (χ2n) is 4.55. The highest BCUT2D eigenvalue weighted by molar-refractivity contribution is 7.99. The summed E-state index contributed by atoms with van der Waals surface area (Å²) >= 11 is 1.91. The van der Waals surface area contributed by atoms with Gasteiger partial charge in [-0.1, -0.05) is 18.2 Å². The smallest absolute Gasteiger partial charge is 0.137 e. The van der Waals surface area contributed by atoms with Crippen LogP contribution in [0.1, 0.15) is 17.2 Å². The lowest BCUT2D eigenvalue weighted by Crippen LogP contribution is -2.10. The molecule has 2 heterocycles. The summed E-state index contributed by atoms with van der Waals surface area (Å²) in [6.45, 7) is 1.17. The fourth-order valence-electron chi connectivity index (χ4n) is 2.18. The van der Waals surface area contributed by atoms with Crippen molar-refractivity contribution in [2.24, 2.45) is 5.73 Å². The molecule has 1 aliphatic rings. The fourth-order valence-corrected chi connectivity index (χ4v) is 3.41. The molecular weight excluding hydrogens is 256 g/mol. The number of hydrogen-bond acceptors (Lipinski definition) is 4. The molecule has 1 aromatic heterocycles. The summed E-state index contributed by atoms with van der Waals surface area (Å²) in [5.74, 6) is 2.37. The number of nitrogens with zero attached hydrogens (tertiary/aromatic N) is 1. The van der Waals surface area contributed by atoms with Crippen molar-refractivity contribution in [2.75, 3.05) is 12.4 Å². The number of rotatable bonds is 4. The Labute approximate surface area is 117 Å². The quantitative estimate of drug-likeness (QED) is 0.929. The van der Waals surface area contributed by atoms with E-state index in [0.717, 1.165) is 17.2 Å². The highest BCUT2D eigenvalue weighted by atomic mass is 32.2. The molecule has 0 saturated carbocycles. The Balaban J connectivity index is 1.64. The highest BCUT2D eigenvalue weighted by Gasteiger charge is 2.23. The van der Waals surface area contributed by atoms with Crippen molar-refractivity contribution in [1.29, 1.82) is 0 Å². The number of fused-ring (bicyclic) bond motifs is 1. The number of hydrogen-bond donors (Lipinski definition) is 1. The molecule has 4 heteroatoms. The maximum atomic E-state index is 5.83. The standard InChI is InChI=1S/C15H16N2OS/c16-7-12-5-6-13(8-17-12)18-9-11-10-19-15-4-2-1-3-14(11)15/h1-6,8,11H,7,9-10,16H2. The molecule has 0 amide bonds. The Hall–Kier alpha value is -1.52. The molecule has 1 aliphatic heterocycles. The molecule has 2 aromatic rings. The van der Waals surface area contributed by atoms with E-state index in [2.05, 4.69) is 29.2 Å². The first-order valence-electron chi connectivity index (χ1n) is 6.36. The van der Waals surface area contributed by atoms with E-state index in [-0.39, 0.29) is 0 Å². The van der Waals surface area contributed by atoms with Crippen LogP contribution in [0.3, 0.4) is 0 Å². The van der Waals surface area contributed by atoms with Gasteiger partial charge >= 0.3 is 0 Å². The molecule has 0 bridgehead atoms. The number of benzene rings is 1. The second-order valence-corrected chi connectivity index (χ2v) is 5.61. The lowest BCUT2D eigenvalue weighted by Gasteiger charge is -2.12. The third kappa shape index (κ3) is 2.74. The van der Waals surface area contributed by atoms with Gasteiger partial charge in [0, 0.05) is 23.1 Å². The molecule has 0 fully saturated rings. The Bertz CT molecular complexity index is 556. The van der Waals surface area contributed by atoms with Crippen LogP contribution in [0, 0.1) is 0 Å². The van der Waals surface area contributed by atoms with E-state index in [1.165, 1.54) is 10.5 Å². The minimum Gasteiger partial charge on any atom is -0.491 e. The summed E-state index contributed by atoms with van der Waals surface area (Å²) in [6.07, 6.45) is 1.75. The van der Waals surface area contributed by atoms with Crippen molar-refractivity contribution in [2.45, 2.75) is 17.4 Å². The second kappa shape index (κ2) is 5.63. The molecule has 98 valence electrons. The van der Waals surface area contributed by atoms with Crippen LogP contribution in [-0.4, -0.2) is 17.3 Å². The first-order valence-corrected chi connectivity index (χ1v) is 7.35. The lowest BCUT2D eigenvalue weighted by atomic mass is 10.0. The molecule has 0 aliphatic carbocycles. The lowest BCUT2D eigenvalue weighted by molar-refractivity contribution is 0.297. The first kappa shape index (κ1) is 12.5. The Morgan fingerprint density at radius 1 is 1.26 bits per heavy atom. The van der Waals surface area contributed by atoms with Gasteiger partial charge in [-0.15, -0.1) is 11.8 Å². The molecule has 3 rings (SSSR count). The Morgan fingerprint density at radius 2 is 2.16 bits per heavy atom. The maximum Gasteiger partial charge on any atom is 0.137 e. The third-order valence-corrected chi connectivity index (χ3v) is 4.51. The Morgan fingerprint density at radius 3 is 2.95 bits per heavy atom. The summed E-state index contributed by atoms with van der Waals surface area (Å²) in [5.41, 5.74) is 7.81. The average molecular weight is 272 g/mol. The molecule has 19 heavy (non-hydrogen) atoms. The monoisotopic (exact) mass is 272 g/mol. The number of pyridine rings is 1. The van der Waals surface area contributed by atoms with Crippen LogP contribution < -0.4 is 10.5 Å². The summed E-state index contributed by atoms with van der Waals surface area (Å²) in [6, 6.07) is 12.4. The van der Waals surface area contributed by atoms with Gasteiger partial charge in [-0.2, -0.15) is 0 Å². The molecule has 0 spiro atoms. The third-order valence-electron chi connectivity index (χ3n) is 3.26. The van der Waals surface area contributed by atoms with E-state index in [0.29, 0.717) is 19.1 Å². The number of nitrogens with two attached hydrogens (primary N) is 1. The van der Waals surface area contributed by atoms with Gasteiger partial charge in [-0.25, -0.2) is 0 Å². The zero-order valence-corrected chi connectivity index (χ0v) is 11.4. The SMILES string of the molecule is NCc1ccc(OCC2CSc3ccccc32)cn1. The highest BCUT2D eigenvalue weighted by Crippen LogP contribution is 2.39. The van der Waals surface area contributed by atoms with E-state index in [9.17, 15) is 0 Å². The minimum atomic E-state index is 0.465. The largest absolute Gasteiger partial charge is 0.491 e. The molecule has 1 atom stereocenters. The molecule has 3 nitrogen and oxygen atoms in total. The van der Waals surface area contributed by atoms with Gasteiger partial charge in [0.15, 0.2) is 0 Å². The summed E-state index contributed by atoms with van der Waals surface area (Å²) < 4.78 is 5.83. The topological polar surface area (TPSA) is 48.1 Å². The van der Waals surface area contributed by atoms with Crippen molar-refractivity contribution in [3.63, 3.8) is 0 Å². The van der Waals surface area contributed by atoms with Crippen molar-refractivity contribution in [1.82, 2.24) is 4.98 Å². The molecule has 0 saturated heterocycles. The van der Waals surface area contributed by atoms with Gasteiger partial charge in [-0.3, -0.25) is 4.98 Å².